The van der Waals surface area contributed by atoms with Gasteiger partial charge < -0.3 is 19.5 Å². The van der Waals surface area contributed by atoms with E-state index in [2.05, 4.69) is 11.8 Å². The van der Waals surface area contributed by atoms with Gasteiger partial charge in [0.15, 0.2) is 0 Å². The maximum absolute atomic E-state index is 12.0. The van der Waals surface area contributed by atoms with Crippen molar-refractivity contribution in [2.24, 2.45) is 5.92 Å². The lowest BCUT2D eigenvalue weighted by atomic mass is 9.97. The molecule has 0 aromatic heterocycles. The van der Waals surface area contributed by atoms with Crippen molar-refractivity contribution in [2.45, 2.75) is 58.3 Å². The number of nitrogens with zero attached hydrogens (tertiary/aromatic N) is 1. The second-order valence-electron chi connectivity index (χ2n) is 7.92. The van der Waals surface area contributed by atoms with E-state index >= 15 is 0 Å². The van der Waals surface area contributed by atoms with Gasteiger partial charge >= 0.3 is 6.09 Å². The Morgan fingerprint density at radius 3 is 2.56 bits per heavy atom. The number of hydrogen-bond acceptors (Lipinski definition) is 4. The van der Waals surface area contributed by atoms with Gasteiger partial charge in [0.2, 0.25) is 0 Å². The summed E-state index contributed by atoms with van der Waals surface area (Å²) in [5.74, 6) is 6.56. The zero-order valence-corrected chi connectivity index (χ0v) is 16.6. The first-order chi connectivity index (χ1) is 12.8. The quantitative estimate of drug-likeness (QED) is 0.801. The molecule has 27 heavy (non-hydrogen) atoms. The summed E-state index contributed by atoms with van der Waals surface area (Å²) in [6.07, 6.45) is 1.25. The first kappa shape index (κ1) is 21.3. The number of rotatable bonds is 5. The molecule has 5 heteroatoms. The monoisotopic (exact) mass is 373 g/mol. The van der Waals surface area contributed by atoms with Gasteiger partial charge in [-0.25, -0.2) is 4.79 Å². The van der Waals surface area contributed by atoms with Crippen LogP contribution in [0.15, 0.2) is 30.3 Å². The number of aliphatic hydroxyl groups excluding tert-OH is 1. The molecule has 1 fully saturated rings. The molecule has 5 nitrogen and oxygen atoms in total. The molecule has 0 radical (unpaired) electrons. The van der Waals surface area contributed by atoms with Gasteiger partial charge in [0.1, 0.15) is 5.60 Å². The highest BCUT2D eigenvalue weighted by Crippen LogP contribution is 2.19. The van der Waals surface area contributed by atoms with Crippen LogP contribution < -0.4 is 0 Å². The van der Waals surface area contributed by atoms with Gasteiger partial charge in [-0.15, -0.1) is 5.92 Å². The zero-order chi connectivity index (χ0) is 19.7. The van der Waals surface area contributed by atoms with E-state index in [0.717, 1.165) is 18.4 Å². The summed E-state index contributed by atoms with van der Waals surface area (Å²) in [4.78, 5) is 13.8. The normalized spacial score (nSPS) is 16.4. The number of ether oxygens (including phenoxy) is 2. The van der Waals surface area contributed by atoms with Crippen LogP contribution >= 0.6 is 0 Å². The van der Waals surface area contributed by atoms with E-state index in [1.165, 1.54) is 0 Å². The Bertz CT molecular complexity index is 634. The van der Waals surface area contributed by atoms with E-state index in [9.17, 15) is 9.90 Å². The Kier molecular flexibility index (Phi) is 8.15. The van der Waals surface area contributed by atoms with Crippen LogP contribution in [0.3, 0.4) is 0 Å². The fourth-order valence-corrected chi connectivity index (χ4v) is 2.80. The molecule has 0 bridgehead atoms. The van der Waals surface area contributed by atoms with Gasteiger partial charge in [-0.05, 0) is 39.2 Å². The molecule has 1 aromatic rings. The Labute approximate surface area is 162 Å². The Morgan fingerprint density at radius 1 is 1.26 bits per heavy atom. The maximum Gasteiger partial charge on any atom is 0.410 e. The molecule has 0 aliphatic carbocycles. The zero-order valence-electron chi connectivity index (χ0n) is 16.6. The van der Waals surface area contributed by atoms with Gasteiger partial charge in [0.05, 0.1) is 19.3 Å². The lowest BCUT2D eigenvalue weighted by Gasteiger charge is -2.31. The summed E-state index contributed by atoms with van der Waals surface area (Å²) in [6.45, 7) is 7.72. The van der Waals surface area contributed by atoms with Crippen LogP contribution in [-0.4, -0.2) is 47.5 Å². The minimum atomic E-state index is -0.580. The highest BCUT2D eigenvalue weighted by Gasteiger charge is 2.26. The lowest BCUT2D eigenvalue weighted by molar-refractivity contribution is 0.0199. The van der Waals surface area contributed by atoms with Gasteiger partial charge in [-0.2, -0.15) is 0 Å². The minimum Gasteiger partial charge on any atom is -0.444 e. The van der Waals surface area contributed by atoms with Crippen LogP contribution in [0.1, 0.15) is 45.6 Å². The predicted octanol–water partition coefficient (Wildman–Crippen LogP) is 3.60. The average Bonchev–Trinajstić information content (AvgIpc) is 2.62. The van der Waals surface area contributed by atoms with Crippen LogP contribution in [0.25, 0.3) is 0 Å². The largest absolute Gasteiger partial charge is 0.444 e. The van der Waals surface area contributed by atoms with Crippen LogP contribution in [0.5, 0.6) is 0 Å². The van der Waals surface area contributed by atoms with Crippen LogP contribution in [0.4, 0.5) is 4.79 Å². The summed E-state index contributed by atoms with van der Waals surface area (Å²) in [6, 6.07) is 9.89. The third kappa shape index (κ3) is 8.47. The molecule has 1 aliphatic rings. The summed E-state index contributed by atoms with van der Waals surface area (Å²) >= 11 is 0. The van der Waals surface area contributed by atoms with Crippen LogP contribution in [0.2, 0.25) is 0 Å². The van der Waals surface area contributed by atoms with E-state index in [-0.39, 0.29) is 18.6 Å². The molecular weight excluding hydrogens is 342 g/mol. The van der Waals surface area contributed by atoms with Crippen molar-refractivity contribution in [1.82, 2.24) is 4.90 Å². The van der Waals surface area contributed by atoms with E-state index in [0.29, 0.717) is 26.1 Å². The van der Waals surface area contributed by atoms with Crippen molar-refractivity contribution < 1.29 is 19.4 Å². The number of aliphatic hydroxyl groups is 1. The van der Waals surface area contributed by atoms with Gasteiger partial charge in [-0.1, -0.05) is 36.3 Å². The highest BCUT2D eigenvalue weighted by molar-refractivity contribution is 5.68. The molecule has 1 N–H and O–H groups in total. The lowest BCUT2D eigenvalue weighted by Crippen LogP contribution is -2.41. The number of amides is 1. The number of benzene rings is 1. The molecule has 1 aliphatic heterocycles. The molecular formula is C22H31NO4. The predicted molar refractivity (Wildman–Crippen MR) is 105 cm³/mol. The van der Waals surface area contributed by atoms with Gasteiger partial charge in [0.25, 0.3) is 0 Å². The highest BCUT2D eigenvalue weighted by atomic mass is 16.6. The number of piperidine rings is 1. The molecule has 1 atom stereocenters. The minimum absolute atomic E-state index is 0.250. The van der Waals surface area contributed by atoms with Crippen molar-refractivity contribution in [3.8, 4) is 11.8 Å². The molecule has 1 amide bonds. The van der Waals surface area contributed by atoms with Crippen molar-refractivity contribution in [1.29, 1.82) is 0 Å². The van der Waals surface area contributed by atoms with Crippen molar-refractivity contribution in [3.63, 3.8) is 0 Å². The third-order valence-corrected chi connectivity index (χ3v) is 4.21. The second-order valence-corrected chi connectivity index (χ2v) is 7.92. The topological polar surface area (TPSA) is 59.0 Å². The van der Waals surface area contributed by atoms with Crippen LogP contribution in [0, 0.1) is 17.8 Å². The first-order valence-electron chi connectivity index (χ1n) is 9.59. The van der Waals surface area contributed by atoms with Crippen molar-refractivity contribution in [3.05, 3.63) is 35.9 Å². The Morgan fingerprint density at radius 2 is 1.93 bits per heavy atom. The standard InChI is InChI=1S/C22H31NO4/c1-22(2,3)27-21(25)23-14-12-18(13-15-23)10-7-11-20(24)17-26-16-19-8-5-4-6-9-19/h4-6,8-9,18,20,24H,11-17H2,1-3H3. The van der Waals surface area contributed by atoms with Crippen LogP contribution in [-0.2, 0) is 16.1 Å². The Hall–Kier alpha value is -2.03. The van der Waals surface area contributed by atoms with E-state index in [1.807, 2.05) is 51.1 Å². The number of carbonyl (C=O) groups is 1. The maximum atomic E-state index is 12.0. The molecule has 148 valence electrons. The van der Waals surface area contributed by atoms with Crippen molar-refractivity contribution >= 4 is 6.09 Å². The third-order valence-electron chi connectivity index (χ3n) is 4.21. The molecule has 1 aromatic carbocycles. The molecule has 1 heterocycles. The molecule has 1 saturated heterocycles. The summed E-state index contributed by atoms with van der Waals surface area (Å²) in [7, 11) is 0. The Balaban J connectivity index is 1.63. The van der Waals surface area contributed by atoms with E-state index in [1.54, 1.807) is 4.90 Å². The SMILES string of the molecule is CC(C)(C)OC(=O)N1CCC(C#CCC(O)COCc2ccccc2)CC1. The first-order valence-corrected chi connectivity index (χ1v) is 9.59. The fraction of sp³-hybridized carbons (Fsp3) is 0.591. The molecule has 0 spiro atoms. The number of carbonyl (C=O) groups excluding carboxylic acids is 1. The molecule has 2 rings (SSSR count). The second kappa shape index (κ2) is 10.3. The fourth-order valence-electron chi connectivity index (χ4n) is 2.80. The van der Waals surface area contributed by atoms with E-state index < -0.39 is 11.7 Å². The number of hydrogen-bond donors (Lipinski definition) is 1. The summed E-state index contributed by atoms with van der Waals surface area (Å²) in [5, 5.41) is 9.98. The summed E-state index contributed by atoms with van der Waals surface area (Å²) in [5.41, 5.74) is 0.624. The molecule has 0 saturated carbocycles. The van der Waals surface area contributed by atoms with Crippen molar-refractivity contribution in [2.75, 3.05) is 19.7 Å². The smallest absolute Gasteiger partial charge is 0.410 e. The van der Waals surface area contributed by atoms with Gasteiger partial charge in [-0.3, -0.25) is 0 Å². The van der Waals surface area contributed by atoms with E-state index in [4.69, 9.17) is 9.47 Å². The molecule has 1 unspecified atom stereocenters. The number of likely N-dealkylation sites (tertiary alicyclic amines) is 1. The van der Waals surface area contributed by atoms with Gasteiger partial charge in [0, 0.05) is 25.4 Å². The average molecular weight is 373 g/mol. The summed E-state index contributed by atoms with van der Waals surface area (Å²) < 4.78 is 10.9.